The van der Waals surface area contributed by atoms with Crippen LogP contribution in [0.3, 0.4) is 0 Å². The van der Waals surface area contributed by atoms with Crippen LogP contribution < -0.4 is 10.1 Å². The molecule has 1 amide bonds. The van der Waals surface area contributed by atoms with E-state index in [4.69, 9.17) is 4.74 Å². The molecule has 6 rings (SSSR count). The second-order valence-corrected chi connectivity index (χ2v) is 13.7. The van der Waals surface area contributed by atoms with Crippen molar-refractivity contribution in [1.29, 1.82) is 0 Å². The van der Waals surface area contributed by atoms with Gasteiger partial charge in [-0.2, -0.15) is 0 Å². The number of aryl methyl sites for hydroxylation is 1. The number of ether oxygens (including phenoxy) is 1. The Morgan fingerprint density at radius 3 is 2.20 bits per heavy atom. The number of carbonyl (C=O) groups is 2. The van der Waals surface area contributed by atoms with Gasteiger partial charge in [-0.25, -0.2) is 0 Å². The number of carbonyl (C=O) groups excluding carboxylic acids is 1. The Bertz CT molecular complexity index is 1900. The van der Waals surface area contributed by atoms with Gasteiger partial charge in [-0.3, -0.25) is 19.4 Å². The Hall–Kier alpha value is -4.76. The van der Waals surface area contributed by atoms with Crippen LogP contribution in [0.5, 0.6) is 5.75 Å². The molecule has 4 aromatic rings. The van der Waals surface area contributed by atoms with Gasteiger partial charge in [-0.1, -0.05) is 60.7 Å². The number of likely N-dealkylation sites (tertiary alicyclic amines) is 2. The first-order valence-corrected chi connectivity index (χ1v) is 17.4. The molecule has 0 saturated carbocycles. The molecule has 260 valence electrons. The van der Waals surface area contributed by atoms with Gasteiger partial charge >= 0.3 is 5.97 Å². The number of methoxy groups -OCH3 is 1. The van der Waals surface area contributed by atoms with E-state index in [2.05, 4.69) is 77.5 Å². The molecule has 0 aromatic heterocycles. The molecule has 0 aliphatic carbocycles. The summed E-state index contributed by atoms with van der Waals surface area (Å²) in [5.74, 6) is -0.380. The minimum atomic E-state index is -0.723. The number of carboxylic acids is 1. The number of anilines is 1. The molecule has 0 unspecified atom stereocenters. The number of hydrogen-bond donors (Lipinski definition) is 3. The van der Waals surface area contributed by atoms with Crippen LogP contribution >= 0.6 is 0 Å². The third-order valence-corrected chi connectivity index (χ3v) is 10.2. The first kappa shape index (κ1) is 35.1. The molecule has 2 atom stereocenters. The monoisotopic (exact) mass is 673 g/mol. The van der Waals surface area contributed by atoms with Crippen LogP contribution in [-0.2, 0) is 17.9 Å². The number of amides is 1. The summed E-state index contributed by atoms with van der Waals surface area (Å²) in [4.78, 5) is 29.1. The van der Waals surface area contributed by atoms with E-state index in [9.17, 15) is 19.8 Å². The van der Waals surface area contributed by atoms with Gasteiger partial charge in [-0.05, 0) is 109 Å². The molecule has 8 nitrogen and oxygen atoms in total. The lowest BCUT2D eigenvalue weighted by atomic mass is 9.92. The van der Waals surface area contributed by atoms with Crippen LogP contribution in [0.15, 0.2) is 72.8 Å². The van der Waals surface area contributed by atoms with Crippen molar-refractivity contribution in [1.82, 2.24) is 9.80 Å². The molecule has 2 saturated heterocycles. The zero-order chi connectivity index (χ0) is 35.4. The van der Waals surface area contributed by atoms with Gasteiger partial charge in [0, 0.05) is 49.5 Å². The van der Waals surface area contributed by atoms with E-state index in [0.717, 1.165) is 87.6 Å². The molecule has 50 heavy (non-hydrogen) atoms. The summed E-state index contributed by atoms with van der Waals surface area (Å²) >= 11 is 0. The van der Waals surface area contributed by atoms with Gasteiger partial charge in [0.1, 0.15) is 5.75 Å². The van der Waals surface area contributed by atoms with Gasteiger partial charge in [0.2, 0.25) is 0 Å². The Kier molecular flexibility index (Phi) is 10.8. The largest absolute Gasteiger partial charge is 0.496 e. The lowest BCUT2D eigenvalue weighted by Crippen LogP contribution is -2.23. The normalized spacial score (nSPS) is 18.2. The van der Waals surface area contributed by atoms with Gasteiger partial charge in [0.15, 0.2) is 0 Å². The Morgan fingerprint density at radius 1 is 0.840 bits per heavy atom. The molecule has 2 aliphatic rings. The Morgan fingerprint density at radius 2 is 1.52 bits per heavy atom. The molecular formula is C42H47N3O5. The summed E-state index contributed by atoms with van der Waals surface area (Å²) in [5, 5.41) is 22.3. The minimum absolute atomic E-state index is 0.150. The fourth-order valence-corrected chi connectivity index (χ4v) is 7.21. The van der Waals surface area contributed by atoms with Crippen LogP contribution in [0.25, 0.3) is 23.3 Å². The lowest BCUT2D eigenvalue weighted by Gasteiger charge is -2.19. The van der Waals surface area contributed by atoms with Crippen molar-refractivity contribution >= 4 is 29.7 Å². The van der Waals surface area contributed by atoms with E-state index < -0.39 is 5.97 Å². The number of rotatable bonds is 11. The van der Waals surface area contributed by atoms with Crippen LogP contribution in [-0.4, -0.2) is 71.3 Å². The molecule has 0 spiro atoms. The second-order valence-electron chi connectivity index (χ2n) is 13.7. The maximum atomic E-state index is 13.3. The number of aliphatic carboxylic acids is 1. The molecule has 2 fully saturated rings. The first-order chi connectivity index (χ1) is 24.1. The average molecular weight is 674 g/mol. The van der Waals surface area contributed by atoms with E-state index in [0.29, 0.717) is 31.6 Å². The van der Waals surface area contributed by atoms with E-state index in [1.54, 1.807) is 7.11 Å². The SMILES string of the molecule is COc1cc(/C=C/c2cccc(-c3cccc(NC(=O)c4ccc(CN5CC[C@@H](O)C5)cc4)c3C)c2C)c(C)cc1CN1CC[C@@H](C(=O)O)C1. The highest BCUT2D eigenvalue weighted by Gasteiger charge is 2.28. The standard InChI is InChI=1S/C42H47N3O5/c1-27-21-35(25-45-19-17-34(24-45)42(48)49)40(50-4)22-33(27)16-15-31-7-5-8-37(28(31)2)38-9-6-10-39(29(38)3)43-41(47)32-13-11-30(12-14-32)23-44-20-18-36(46)26-44/h5-16,21-22,34,36,46H,17-20,23-26H2,1-4H3,(H,43,47)(H,48,49)/b16-15+/t34-,36-/m1/s1. The van der Waals surface area contributed by atoms with Crippen molar-refractivity contribution in [2.24, 2.45) is 5.92 Å². The maximum Gasteiger partial charge on any atom is 0.307 e. The van der Waals surface area contributed by atoms with Crippen molar-refractivity contribution < 1.29 is 24.5 Å². The highest BCUT2D eigenvalue weighted by molar-refractivity contribution is 6.05. The Labute approximate surface area is 295 Å². The maximum absolute atomic E-state index is 13.3. The van der Waals surface area contributed by atoms with Crippen molar-refractivity contribution in [3.05, 3.63) is 117 Å². The summed E-state index contributed by atoms with van der Waals surface area (Å²) in [7, 11) is 1.68. The summed E-state index contributed by atoms with van der Waals surface area (Å²) in [6.07, 6.45) is 5.49. The molecule has 0 radical (unpaired) electrons. The van der Waals surface area contributed by atoms with Crippen LogP contribution in [0.4, 0.5) is 5.69 Å². The molecule has 4 aromatic carbocycles. The third kappa shape index (κ3) is 7.99. The highest BCUT2D eigenvalue weighted by atomic mass is 16.5. The van der Waals surface area contributed by atoms with E-state index in [-0.39, 0.29) is 17.9 Å². The number of hydrogen-bond acceptors (Lipinski definition) is 6. The number of nitrogens with one attached hydrogen (secondary N) is 1. The van der Waals surface area contributed by atoms with Crippen LogP contribution in [0.2, 0.25) is 0 Å². The first-order valence-electron chi connectivity index (χ1n) is 17.4. The molecule has 2 heterocycles. The molecule has 8 heteroatoms. The third-order valence-electron chi connectivity index (χ3n) is 10.2. The van der Waals surface area contributed by atoms with Gasteiger partial charge in [0.05, 0.1) is 19.1 Å². The van der Waals surface area contributed by atoms with Gasteiger partial charge in [0.25, 0.3) is 5.91 Å². The van der Waals surface area contributed by atoms with Gasteiger partial charge < -0.3 is 20.3 Å². The predicted molar refractivity (Wildman–Crippen MR) is 199 cm³/mol. The smallest absolute Gasteiger partial charge is 0.307 e. The van der Waals surface area contributed by atoms with Crippen LogP contribution in [0.1, 0.15) is 62.1 Å². The predicted octanol–water partition coefficient (Wildman–Crippen LogP) is 7.18. The number of nitrogens with zero attached hydrogens (tertiary/aromatic N) is 2. The topological polar surface area (TPSA) is 102 Å². The molecular weight excluding hydrogens is 626 g/mol. The van der Waals surface area contributed by atoms with E-state index >= 15 is 0 Å². The summed E-state index contributed by atoms with van der Waals surface area (Å²) in [6, 6.07) is 24.2. The number of benzene rings is 4. The van der Waals surface area contributed by atoms with Crippen molar-refractivity contribution in [3.63, 3.8) is 0 Å². The highest BCUT2D eigenvalue weighted by Crippen LogP contribution is 2.34. The van der Waals surface area contributed by atoms with Crippen LogP contribution in [0, 0.1) is 26.7 Å². The number of aliphatic hydroxyl groups excluding tert-OH is 1. The zero-order valence-corrected chi connectivity index (χ0v) is 29.4. The molecule has 2 aliphatic heterocycles. The molecule has 3 N–H and O–H groups in total. The summed E-state index contributed by atoms with van der Waals surface area (Å²) in [6.45, 7) is 10.6. The summed E-state index contributed by atoms with van der Waals surface area (Å²) < 4.78 is 5.77. The Balaban J connectivity index is 1.16. The number of β-amino-alcohol motifs (C(OH)–C–C–N with tert-alkyl or cyclic N) is 1. The van der Waals surface area contributed by atoms with Crippen molar-refractivity contribution in [2.45, 2.75) is 52.8 Å². The van der Waals surface area contributed by atoms with Crippen molar-refractivity contribution in [2.75, 3.05) is 38.6 Å². The fraction of sp³-hybridized carbons (Fsp3) is 0.333. The fourth-order valence-electron chi connectivity index (χ4n) is 7.21. The zero-order valence-electron chi connectivity index (χ0n) is 29.4. The average Bonchev–Trinajstić information content (AvgIpc) is 3.75. The number of aliphatic hydroxyl groups is 1. The molecule has 0 bridgehead atoms. The summed E-state index contributed by atoms with van der Waals surface area (Å²) in [5.41, 5.74) is 11.1. The van der Waals surface area contributed by atoms with Gasteiger partial charge in [-0.15, -0.1) is 0 Å². The minimum Gasteiger partial charge on any atom is -0.496 e. The van der Waals surface area contributed by atoms with Crippen molar-refractivity contribution in [3.8, 4) is 16.9 Å². The number of carboxylic acid groups (broad SMARTS) is 1. The van der Waals surface area contributed by atoms with E-state index in [1.165, 1.54) is 0 Å². The quantitative estimate of drug-likeness (QED) is 0.145. The lowest BCUT2D eigenvalue weighted by molar-refractivity contribution is -0.141. The second kappa shape index (κ2) is 15.4. The van der Waals surface area contributed by atoms with E-state index in [1.807, 2.05) is 43.3 Å².